The van der Waals surface area contributed by atoms with Crippen molar-refractivity contribution in [2.45, 2.75) is 45.9 Å². The second-order valence-electron chi connectivity index (χ2n) is 5.69. The predicted octanol–water partition coefficient (Wildman–Crippen LogP) is 2.15. The Morgan fingerprint density at radius 1 is 1.45 bits per heavy atom. The van der Waals surface area contributed by atoms with Crippen LogP contribution in [0.25, 0.3) is 0 Å². The first-order valence-electron chi connectivity index (χ1n) is 6.44. The molecule has 0 spiro atoms. The summed E-state index contributed by atoms with van der Waals surface area (Å²) < 4.78 is 10.1. The molecule has 0 aromatic carbocycles. The van der Waals surface area contributed by atoms with Gasteiger partial charge in [0.15, 0.2) is 0 Å². The molecule has 0 fully saturated rings. The van der Waals surface area contributed by atoms with Gasteiger partial charge in [0.05, 0.1) is 12.5 Å². The molecule has 6 nitrogen and oxygen atoms in total. The molecule has 0 aliphatic carbocycles. The number of hydrogen-bond acceptors (Lipinski definition) is 4. The molecule has 6 heteroatoms. The lowest BCUT2D eigenvalue weighted by atomic mass is 10.2. The summed E-state index contributed by atoms with van der Waals surface area (Å²) in [5.41, 5.74) is 0.306. The Bertz CT molecular complexity index is 448. The fourth-order valence-electron chi connectivity index (χ4n) is 1.61. The molecule has 0 radical (unpaired) electrons. The monoisotopic (exact) mass is 282 g/mol. The lowest BCUT2D eigenvalue weighted by Gasteiger charge is -2.24. The summed E-state index contributed by atoms with van der Waals surface area (Å²) in [6.45, 7) is 7.35. The van der Waals surface area contributed by atoms with Crippen LogP contribution in [-0.2, 0) is 16.1 Å². The Kier molecular flexibility index (Phi) is 5.19. The van der Waals surface area contributed by atoms with E-state index in [0.717, 1.165) is 5.56 Å². The van der Waals surface area contributed by atoms with Crippen molar-refractivity contribution in [3.05, 3.63) is 24.2 Å². The van der Waals surface area contributed by atoms with E-state index in [1.165, 1.54) is 4.90 Å². The van der Waals surface area contributed by atoms with Crippen LogP contribution in [0.5, 0.6) is 0 Å². The van der Waals surface area contributed by atoms with E-state index in [9.17, 15) is 9.59 Å². The quantitative estimate of drug-likeness (QED) is 0.918. The Morgan fingerprint density at radius 2 is 2.10 bits per heavy atom. The van der Waals surface area contributed by atoms with Crippen LogP contribution >= 0.6 is 0 Å². The molecule has 1 rings (SSSR count). The van der Waals surface area contributed by atoms with Gasteiger partial charge in [-0.1, -0.05) is 0 Å². The third-order valence-corrected chi connectivity index (χ3v) is 2.48. The van der Waals surface area contributed by atoms with Gasteiger partial charge in [0, 0.05) is 19.2 Å². The third-order valence-electron chi connectivity index (χ3n) is 2.48. The number of carbonyl (C=O) groups excluding carboxylic acids is 2. The maximum atomic E-state index is 12.1. The standard InChI is InChI=1S/C14H22N2O4/c1-10(15-13(18)20-14(2,3)4)12(17)16(5)8-11-6-7-19-9-11/h6-7,9-10H,8H2,1-5H3,(H,15,18)/t10-/m1/s1. The number of furan rings is 1. The van der Waals surface area contributed by atoms with Gasteiger partial charge < -0.3 is 19.4 Å². The van der Waals surface area contributed by atoms with Gasteiger partial charge in [-0.3, -0.25) is 4.79 Å². The molecule has 20 heavy (non-hydrogen) atoms. The van der Waals surface area contributed by atoms with Crippen LogP contribution in [0.1, 0.15) is 33.3 Å². The molecule has 1 heterocycles. The molecular weight excluding hydrogens is 260 g/mol. The van der Waals surface area contributed by atoms with Crippen molar-refractivity contribution in [3.63, 3.8) is 0 Å². The Labute approximate surface area is 119 Å². The molecule has 1 N–H and O–H groups in total. The van der Waals surface area contributed by atoms with Gasteiger partial charge in [-0.15, -0.1) is 0 Å². The van der Waals surface area contributed by atoms with Crippen LogP contribution in [0.15, 0.2) is 23.0 Å². The van der Waals surface area contributed by atoms with Crippen LogP contribution in [0.3, 0.4) is 0 Å². The number of ether oxygens (including phenoxy) is 1. The van der Waals surface area contributed by atoms with Crippen molar-refractivity contribution in [3.8, 4) is 0 Å². The molecule has 0 bridgehead atoms. The van der Waals surface area contributed by atoms with E-state index in [0.29, 0.717) is 6.54 Å². The van der Waals surface area contributed by atoms with Gasteiger partial charge in [-0.2, -0.15) is 0 Å². The van der Waals surface area contributed by atoms with Gasteiger partial charge in [-0.05, 0) is 33.8 Å². The van der Waals surface area contributed by atoms with E-state index in [1.54, 1.807) is 53.3 Å². The van der Waals surface area contributed by atoms with E-state index in [-0.39, 0.29) is 5.91 Å². The third kappa shape index (κ3) is 5.34. The summed E-state index contributed by atoms with van der Waals surface area (Å²) in [5.74, 6) is -0.197. The molecule has 0 aliphatic rings. The largest absolute Gasteiger partial charge is 0.472 e. The van der Waals surface area contributed by atoms with Crippen LogP contribution in [0.4, 0.5) is 4.79 Å². The van der Waals surface area contributed by atoms with Gasteiger partial charge in [0.1, 0.15) is 11.6 Å². The number of nitrogens with zero attached hydrogens (tertiary/aromatic N) is 1. The highest BCUT2D eigenvalue weighted by molar-refractivity contribution is 5.85. The van der Waals surface area contributed by atoms with Gasteiger partial charge in [0.25, 0.3) is 0 Å². The lowest BCUT2D eigenvalue weighted by Crippen LogP contribution is -2.46. The van der Waals surface area contributed by atoms with Gasteiger partial charge in [0.2, 0.25) is 5.91 Å². The summed E-state index contributed by atoms with van der Waals surface area (Å²) >= 11 is 0. The first-order valence-corrected chi connectivity index (χ1v) is 6.44. The Hall–Kier alpha value is -1.98. The summed E-state index contributed by atoms with van der Waals surface area (Å²) in [4.78, 5) is 25.2. The smallest absolute Gasteiger partial charge is 0.408 e. The molecule has 1 atom stereocenters. The maximum Gasteiger partial charge on any atom is 0.408 e. The van der Waals surface area contributed by atoms with Crippen molar-refractivity contribution in [1.29, 1.82) is 0 Å². The fraction of sp³-hybridized carbons (Fsp3) is 0.571. The Balaban J connectivity index is 2.47. The number of likely N-dealkylation sites (N-methyl/N-ethyl adjacent to an activating group) is 1. The van der Waals surface area contributed by atoms with Crippen molar-refractivity contribution >= 4 is 12.0 Å². The molecule has 0 saturated heterocycles. The SMILES string of the molecule is C[C@@H](NC(=O)OC(C)(C)C)C(=O)N(C)Cc1ccoc1. The summed E-state index contributed by atoms with van der Waals surface area (Å²) in [6.07, 6.45) is 2.53. The highest BCUT2D eigenvalue weighted by atomic mass is 16.6. The first-order chi connectivity index (χ1) is 9.19. The van der Waals surface area contributed by atoms with E-state index in [1.807, 2.05) is 0 Å². The zero-order chi connectivity index (χ0) is 15.3. The fourth-order valence-corrected chi connectivity index (χ4v) is 1.61. The number of carbonyl (C=O) groups is 2. The lowest BCUT2D eigenvalue weighted by molar-refractivity contribution is -0.132. The van der Waals surface area contributed by atoms with Crippen molar-refractivity contribution < 1.29 is 18.7 Å². The number of amides is 2. The zero-order valence-electron chi connectivity index (χ0n) is 12.6. The number of hydrogen-bond donors (Lipinski definition) is 1. The minimum absolute atomic E-state index is 0.197. The van der Waals surface area contributed by atoms with Gasteiger partial charge >= 0.3 is 6.09 Å². The second kappa shape index (κ2) is 6.45. The van der Waals surface area contributed by atoms with Crippen molar-refractivity contribution in [1.82, 2.24) is 10.2 Å². The van der Waals surface area contributed by atoms with Crippen LogP contribution in [-0.4, -0.2) is 35.6 Å². The van der Waals surface area contributed by atoms with Crippen molar-refractivity contribution in [2.75, 3.05) is 7.05 Å². The van der Waals surface area contributed by atoms with E-state index >= 15 is 0 Å². The van der Waals surface area contributed by atoms with E-state index < -0.39 is 17.7 Å². The summed E-state index contributed by atoms with van der Waals surface area (Å²) in [7, 11) is 1.67. The van der Waals surface area contributed by atoms with Crippen LogP contribution in [0, 0.1) is 0 Å². The van der Waals surface area contributed by atoms with Crippen LogP contribution in [0.2, 0.25) is 0 Å². The molecule has 0 aliphatic heterocycles. The molecule has 1 aromatic heterocycles. The summed E-state index contributed by atoms with van der Waals surface area (Å²) in [5, 5.41) is 2.52. The average Bonchev–Trinajstić information content (AvgIpc) is 2.77. The molecule has 1 aromatic rings. The Morgan fingerprint density at radius 3 is 2.60 bits per heavy atom. The molecular formula is C14H22N2O4. The second-order valence-corrected chi connectivity index (χ2v) is 5.69. The summed E-state index contributed by atoms with van der Waals surface area (Å²) in [6, 6.07) is 1.14. The maximum absolute atomic E-state index is 12.1. The molecule has 0 saturated carbocycles. The van der Waals surface area contributed by atoms with Crippen molar-refractivity contribution in [2.24, 2.45) is 0 Å². The molecule has 112 valence electrons. The number of nitrogens with one attached hydrogen (secondary N) is 1. The number of rotatable bonds is 4. The molecule has 2 amide bonds. The minimum Gasteiger partial charge on any atom is -0.472 e. The molecule has 0 unspecified atom stereocenters. The predicted molar refractivity (Wildman–Crippen MR) is 74.0 cm³/mol. The normalized spacial score (nSPS) is 12.7. The first kappa shape index (κ1) is 16.1. The highest BCUT2D eigenvalue weighted by Crippen LogP contribution is 2.08. The number of alkyl carbamates (subject to hydrolysis) is 1. The minimum atomic E-state index is -0.651. The average molecular weight is 282 g/mol. The van der Waals surface area contributed by atoms with E-state index in [4.69, 9.17) is 9.15 Å². The van der Waals surface area contributed by atoms with Crippen LogP contribution < -0.4 is 5.32 Å². The van der Waals surface area contributed by atoms with E-state index in [2.05, 4.69) is 5.32 Å². The highest BCUT2D eigenvalue weighted by Gasteiger charge is 2.23. The van der Waals surface area contributed by atoms with Gasteiger partial charge in [-0.25, -0.2) is 4.79 Å². The zero-order valence-corrected chi connectivity index (χ0v) is 12.6. The topological polar surface area (TPSA) is 71.8 Å².